The summed E-state index contributed by atoms with van der Waals surface area (Å²) in [5, 5.41) is 11.4. The molecule has 0 saturated heterocycles. The first-order valence-electron chi connectivity index (χ1n) is 22.7. The molecule has 5 heterocycles. The van der Waals surface area contributed by atoms with E-state index in [-0.39, 0.29) is 0 Å². The summed E-state index contributed by atoms with van der Waals surface area (Å²) in [5.74, 6) is 1.71. The molecule has 316 valence electrons. The lowest BCUT2D eigenvalue weighted by atomic mass is 9.96. The molecule has 68 heavy (non-hydrogen) atoms. The molecule has 0 saturated carbocycles. The number of benzene rings is 10. The highest BCUT2D eigenvalue weighted by Crippen LogP contribution is 2.45. The highest BCUT2D eigenvalue weighted by molar-refractivity contribution is 7.26. The first-order valence-corrected chi connectivity index (χ1v) is 23.6. The van der Waals surface area contributed by atoms with E-state index in [2.05, 4.69) is 150 Å². The van der Waals surface area contributed by atoms with Gasteiger partial charge >= 0.3 is 0 Å². The van der Waals surface area contributed by atoms with Crippen molar-refractivity contribution < 1.29 is 8.83 Å². The quantitative estimate of drug-likeness (QED) is 0.172. The number of aromatic nitrogens is 4. The number of rotatable bonds is 5. The Hall–Kier alpha value is -8.91. The zero-order valence-corrected chi connectivity index (χ0v) is 37.0. The van der Waals surface area contributed by atoms with Crippen molar-refractivity contribution in [2.75, 3.05) is 0 Å². The molecule has 15 rings (SSSR count). The van der Waals surface area contributed by atoms with Crippen molar-refractivity contribution in [3.8, 4) is 51.0 Å². The number of hydrogen-bond donors (Lipinski definition) is 0. The molecule has 0 spiro atoms. The van der Waals surface area contributed by atoms with Crippen LogP contribution in [0.4, 0.5) is 0 Å². The van der Waals surface area contributed by atoms with Crippen molar-refractivity contribution in [1.82, 2.24) is 19.5 Å². The lowest BCUT2D eigenvalue weighted by Crippen LogP contribution is -2.02. The highest BCUT2D eigenvalue weighted by Gasteiger charge is 2.22. The third-order valence-corrected chi connectivity index (χ3v) is 14.9. The van der Waals surface area contributed by atoms with E-state index in [0.717, 1.165) is 88.4 Å². The van der Waals surface area contributed by atoms with Gasteiger partial charge in [-0.3, -0.25) is 0 Å². The zero-order chi connectivity index (χ0) is 44.5. The molecule has 0 fully saturated rings. The summed E-state index contributed by atoms with van der Waals surface area (Å²) in [4.78, 5) is 16.2. The normalized spacial score (nSPS) is 12.1. The largest absolute Gasteiger partial charge is 0.456 e. The van der Waals surface area contributed by atoms with Crippen molar-refractivity contribution in [2.24, 2.45) is 0 Å². The Morgan fingerprint density at radius 2 is 0.912 bits per heavy atom. The summed E-state index contributed by atoms with van der Waals surface area (Å²) in [6, 6.07) is 72.9. The van der Waals surface area contributed by atoms with E-state index in [1.165, 1.54) is 41.7 Å². The van der Waals surface area contributed by atoms with Crippen LogP contribution in [-0.4, -0.2) is 19.5 Å². The van der Waals surface area contributed by atoms with Gasteiger partial charge in [0.2, 0.25) is 0 Å². The lowest BCUT2D eigenvalue weighted by Gasteiger charge is -2.16. The SMILES string of the molecule is c1ccc2cc3c(cc2c1)c1ccccc1n3-c1ccc(-c2nc(-c3ccc4oc5ccccc5c4c3)nc(-c3ccc4oc5ccccc5c4c3)n2)c(-c2cccc3c2sc2ccccc23)c1. The van der Waals surface area contributed by atoms with Gasteiger partial charge < -0.3 is 13.4 Å². The topological polar surface area (TPSA) is 69.9 Å². The molecule has 0 unspecified atom stereocenters. The molecule has 0 atom stereocenters. The Kier molecular flexibility index (Phi) is 7.85. The zero-order valence-electron chi connectivity index (χ0n) is 36.1. The van der Waals surface area contributed by atoms with Crippen molar-refractivity contribution in [1.29, 1.82) is 0 Å². The maximum Gasteiger partial charge on any atom is 0.164 e. The smallest absolute Gasteiger partial charge is 0.164 e. The summed E-state index contributed by atoms with van der Waals surface area (Å²) < 4.78 is 17.4. The van der Waals surface area contributed by atoms with Crippen molar-refractivity contribution in [3.05, 3.63) is 206 Å². The summed E-state index contributed by atoms with van der Waals surface area (Å²) in [7, 11) is 0. The Morgan fingerprint density at radius 1 is 0.338 bits per heavy atom. The molecule has 0 aliphatic rings. The number of nitrogens with zero attached hydrogens (tertiary/aromatic N) is 4. The van der Waals surface area contributed by atoms with Gasteiger partial charge in [-0.1, -0.05) is 115 Å². The second kappa shape index (κ2) is 14.3. The fourth-order valence-electron chi connectivity index (χ4n) is 10.5. The molecule has 0 bridgehead atoms. The van der Waals surface area contributed by atoms with Gasteiger partial charge in [0.1, 0.15) is 22.3 Å². The van der Waals surface area contributed by atoms with Crippen LogP contribution in [0.25, 0.3) is 148 Å². The highest BCUT2D eigenvalue weighted by atomic mass is 32.1. The van der Waals surface area contributed by atoms with Gasteiger partial charge in [0.15, 0.2) is 17.5 Å². The van der Waals surface area contributed by atoms with Gasteiger partial charge in [-0.05, 0) is 107 Å². The van der Waals surface area contributed by atoms with Gasteiger partial charge in [0, 0.05) is 80.4 Å². The maximum atomic E-state index is 6.27. The molecule has 6 nitrogen and oxygen atoms in total. The molecule has 0 aliphatic carbocycles. The maximum absolute atomic E-state index is 6.27. The minimum absolute atomic E-state index is 0.568. The van der Waals surface area contributed by atoms with Gasteiger partial charge in [-0.2, -0.15) is 0 Å². The second-order valence-electron chi connectivity index (χ2n) is 17.5. The predicted molar refractivity (Wildman–Crippen MR) is 281 cm³/mol. The average Bonchev–Trinajstić information content (AvgIpc) is 4.16. The summed E-state index contributed by atoms with van der Waals surface area (Å²) in [5.41, 5.74) is 11.4. The fourth-order valence-corrected chi connectivity index (χ4v) is 11.7. The van der Waals surface area contributed by atoms with Crippen molar-refractivity contribution in [3.63, 3.8) is 0 Å². The van der Waals surface area contributed by atoms with Gasteiger partial charge in [0.05, 0.1) is 11.0 Å². The number of furan rings is 2. The Morgan fingerprint density at radius 3 is 1.63 bits per heavy atom. The van der Waals surface area contributed by atoms with Crippen LogP contribution < -0.4 is 0 Å². The predicted octanol–water partition coefficient (Wildman–Crippen LogP) is 17.0. The molecule has 10 aromatic carbocycles. The van der Waals surface area contributed by atoms with E-state index < -0.39 is 0 Å². The van der Waals surface area contributed by atoms with Gasteiger partial charge in [-0.15, -0.1) is 11.3 Å². The number of thiophene rings is 1. The van der Waals surface area contributed by atoms with Crippen LogP contribution in [0, 0.1) is 0 Å². The minimum Gasteiger partial charge on any atom is -0.456 e. The average molecular weight is 887 g/mol. The second-order valence-corrected chi connectivity index (χ2v) is 18.6. The van der Waals surface area contributed by atoms with Gasteiger partial charge in [0.25, 0.3) is 0 Å². The molecular formula is C61H34N4O2S. The van der Waals surface area contributed by atoms with Crippen LogP contribution in [0.3, 0.4) is 0 Å². The van der Waals surface area contributed by atoms with Crippen LogP contribution in [0.5, 0.6) is 0 Å². The number of para-hydroxylation sites is 3. The minimum atomic E-state index is 0.568. The lowest BCUT2D eigenvalue weighted by molar-refractivity contribution is 0.668. The molecule has 0 aliphatic heterocycles. The van der Waals surface area contributed by atoms with Crippen molar-refractivity contribution in [2.45, 2.75) is 0 Å². The van der Waals surface area contributed by atoms with Gasteiger partial charge in [-0.25, -0.2) is 15.0 Å². The van der Waals surface area contributed by atoms with E-state index in [1.54, 1.807) is 0 Å². The monoisotopic (exact) mass is 886 g/mol. The Balaban J connectivity index is 1.02. The van der Waals surface area contributed by atoms with E-state index in [1.807, 2.05) is 72.0 Å². The molecule has 7 heteroatoms. The summed E-state index contributed by atoms with van der Waals surface area (Å²) >= 11 is 1.82. The van der Waals surface area contributed by atoms with Crippen LogP contribution >= 0.6 is 11.3 Å². The molecular weight excluding hydrogens is 853 g/mol. The summed E-state index contributed by atoms with van der Waals surface area (Å²) in [6.45, 7) is 0. The van der Waals surface area contributed by atoms with Crippen LogP contribution in [0.2, 0.25) is 0 Å². The molecule has 0 N–H and O–H groups in total. The molecule has 5 aromatic heterocycles. The van der Waals surface area contributed by atoms with E-state index >= 15 is 0 Å². The Bertz CT molecular complexity index is 4460. The number of fused-ring (bicyclic) bond motifs is 13. The summed E-state index contributed by atoms with van der Waals surface area (Å²) in [6.07, 6.45) is 0. The van der Waals surface area contributed by atoms with Crippen LogP contribution in [-0.2, 0) is 0 Å². The van der Waals surface area contributed by atoms with Crippen LogP contribution in [0.1, 0.15) is 0 Å². The number of hydrogen-bond acceptors (Lipinski definition) is 6. The molecule has 0 amide bonds. The molecule has 0 radical (unpaired) electrons. The first kappa shape index (κ1) is 37.3. The fraction of sp³-hybridized carbons (Fsp3) is 0. The van der Waals surface area contributed by atoms with Crippen molar-refractivity contribution >= 4 is 108 Å². The van der Waals surface area contributed by atoms with E-state index in [0.29, 0.717) is 17.5 Å². The first-order chi connectivity index (χ1) is 33.7. The van der Waals surface area contributed by atoms with Crippen LogP contribution in [0.15, 0.2) is 215 Å². The standard InChI is InChI=1S/C61H34N4O2S/c1-2-13-36-33-52-48(30-35(36)12-1)40-14-3-7-20-51(40)65(52)39-26-27-46(47(34-39)45-19-11-18-44-43-17-6-10-23-57(43)68-58(44)45)61-63-59(37-24-28-55-49(31-37)41-15-4-8-21-53(41)66-55)62-60(64-61)38-25-29-56-50(32-38)42-16-5-9-22-54(42)67-56/h1-34H. The third-order valence-electron chi connectivity index (χ3n) is 13.6. The Labute approximate surface area is 391 Å². The van der Waals surface area contributed by atoms with E-state index in [9.17, 15) is 0 Å². The third kappa shape index (κ3) is 5.60. The van der Waals surface area contributed by atoms with E-state index in [4.69, 9.17) is 23.8 Å². The molecule has 15 aromatic rings.